The lowest BCUT2D eigenvalue weighted by molar-refractivity contribution is -0.0819. The Morgan fingerprint density at radius 3 is 2.76 bits per heavy atom. The topological polar surface area (TPSA) is 69.9 Å². The molecule has 0 amide bonds. The monoisotopic (exact) mass is 346 g/mol. The van der Waals surface area contributed by atoms with E-state index >= 15 is 0 Å². The van der Waals surface area contributed by atoms with Gasteiger partial charge in [0.1, 0.15) is 5.82 Å². The van der Waals surface area contributed by atoms with Crippen LogP contribution in [0.25, 0.3) is 5.65 Å². The number of rotatable bonds is 4. The first-order chi connectivity index (χ1) is 12.2. The average Bonchev–Trinajstić information content (AvgIpc) is 3.07. The lowest BCUT2D eigenvalue weighted by atomic mass is 9.97. The standard InChI is InChI=1S/C18H26N4O3/c1-12-13(2)20-17-9-16(14-3-5-23-6-4-14)21-22(17)18(12)19-10-15-11-24-7-8-25-15/h9,14-15,19H,3-8,10-11H2,1-2H3/t15-/m0/s1. The fourth-order valence-electron chi connectivity index (χ4n) is 3.48. The Hall–Kier alpha value is -1.70. The van der Waals surface area contributed by atoms with E-state index in [1.54, 1.807) is 0 Å². The highest BCUT2D eigenvalue weighted by Gasteiger charge is 2.22. The van der Waals surface area contributed by atoms with E-state index in [4.69, 9.17) is 24.3 Å². The van der Waals surface area contributed by atoms with Crippen LogP contribution in [0.4, 0.5) is 5.82 Å². The Balaban J connectivity index is 1.61. The number of nitrogens with one attached hydrogen (secondary N) is 1. The first-order valence-electron chi connectivity index (χ1n) is 9.10. The molecular formula is C18H26N4O3. The van der Waals surface area contributed by atoms with Gasteiger partial charge in [0.15, 0.2) is 5.65 Å². The van der Waals surface area contributed by atoms with Crippen LogP contribution in [-0.2, 0) is 14.2 Å². The van der Waals surface area contributed by atoms with Crippen LogP contribution in [0.3, 0.4) is 0 Å². The zero-order valence-corrected chi connectivity index (χ0v) is 15.0. The van der Waals surface area contributed by atoms with Gasteiger partial charge < -0.3 is 19.5 Å². The van der Waals surface area contributed by atoms with Gasteiger partial charge in [0.25, 0.3) is 0 Å². The molecule has 1 atom stereocenters. The lowest BCUT2D eigenvalue weighted by Gasteiger charge is -2.24. The van der Waals surface area contributed by atoms with Crippen LogP contribution < -0.4 is 5.32 Å². The molecule has 136 valence electrons. The third kappa shape index (κ3) is 3.49. The summed E-state index contributed by atoms with van der Waals surface area (Å²) >= 11 is 0. The summed E-state index contributed by atoms with van der Waals surface area (Å²) in [5, 5.41) is 8.38. The normalized spacial score (nSPS) is 22.4. The van der Waals surface area contributed by atoms with Gasteiger partial charge in [0, 0.05) is 43.0 Å². The Bertz CT molecular complexity index is 733. The zero-order valence-electron chi connectivity index (χ0n) is 15.0. The number of aryl methyl sites for hydroxylation is 1. The highest BCUT2D eigenvalue weighted by atomic mass is 16.6. The molecule has 2 aliphatic rings. The Kier molecular flexibility index (Phi) is 4.87. The van der Waals surface area contributed by atoms with Gasteiger partial charge in [0.05, 0.1) is 31.6 Å². The third-order valence-electron chi connectivity index (χ3n) is 5.12. The van der Waals surface area contributed by atoms with Gasteiger partial charge in [-0.25, -0.2) is 4.98 Å². The molecule has 7 nitrogen and oxygen atoms in total. The molecule has 0 aromatic carbocycles. The van der Waals surface area contributed by atoms with Crippen LogP contribution >= 0.6 is 0 Å². The summed E-state index contributed by atoms with van der Waals surface area (Å²) in [5.41, 5.74) is 4.15. The highest BCUT2D eigenvalue weighted by Crippen LogP contribution is 2.28. The largest absolute Gasteiger partial charge is 0.381 e. The van der Waals surface area contributed by atoms with Crippen molar-refractivity contribution in [2.45, 2.75) is 38.7 Å². The Morgan fingerprint density at radius 1 is 1.16 bits per heavy atom. The van der Waals surface area contributed by atoms with Gasteiger partial charge in [-0.05, 0) is 26.7 Å². The van der Waals surface area contributed by atoms with Gasteiger partial charge in [-0.1, -0.05) is 0 Å². The van der Waals surface area contributed by atoms with Gasteiger partial charge in [-0.3, -0.25) is 0 Å². The summed E-state index contributed by atoms with van der Waals surface area (Å²) in [5.74, 6) is 1.45. The third-order valence-corrected chi connectivity index (χ3v) is 5.12. The van der Waals surface area contributed by atoms with Gasteiger partial charge in [-0.2, -0.15) is 9.61 Å². The number of anilines is 1. The van der Waals surface area contributed by atoms with Crippen molar-refractivity contribution < 1.29 is 14.2 Å². The summed E-state index contributed by atoms with van der Waals surface area (Å²) in [6.45, 7) is 8.42. The van der Waals surface area contributed by atoms with Gasteiger partial charge in [0.2, 0.25) is 0 Å². The summed E-state index contributed by atoms with van der Waals surface area (Å²) in [4.78, 5) is 4.72. The molecule has 0 spiro atoms. The van der Waals surface area contributed by atoms with Crippen LogP contribution in [0.15, 0.2) is 6.07 Å². The molecule has 0 radical (unpaired) electrons. The molecule has 0 bridgehead atoms. The minimum Gasteiger partial charge on any atom is -0.381 e. The van der Waals surface area contributed by atoms with Crippen molar-refractivity contribution >= 4 is 11.5 Å². The molecule has 25 heavy (non-hydrogen) atoms. The first kappa shape index (κ1) is 16.8. The van der Waals surface area contributed by atoms with E-state index in [-0.39, 0.29) is 6.10 Å². The summed E-state index contributed by atoms with van der Waals surface area (Å²) in [6, 6.07) is 2.12. The number of nitrogens with zero attached hydrogens (tertiary/aromatic N) is 3. The zero-order chi connectivity index (χ0) is 17.2. The smallest absolute Gasteiger partial charge is 0.157 e. The minimum absolute atomic E-state index is 0.0715. The summed E-state index contributed by atoms with van der Waals surface area (Å²) in [7, 11) is 0. The van der Waals surface area contributed by atoms with Crippen molar-refractivity contribution in [3.63, 3.8) is 0 Å². The molecule has 2 aromatic heterocycles. The molecule has 4 rings (SSSR count). The molecule has 0 saturated carbocycles. The van der Waals surface area contributed by atoms with Crippen molar-refractivity contribution in [3.8, 4) is 0 Å². The number of aromatic nitrogens is 3. The maximum Gasteiger partial charge on any atom is 0.157 e. The summed E-state index contributed by atoms with van der Waals surface area (Å²) in [6.07, 6.45) is 2.12. The second-order valence-corrected chi connectivity index (χ2v) is 6.85. The van der Waals surface area contributed by atoms with Crippen molar-refractivity contribution in [2.75, 3.05) is 44.9 Å². The van der Waals surface area contributed by atoms with E-state index in [2.05, 4.69) is 18.3 Å². The number of fused-ring (bicyclic) bond motifs is 1. The molecule has 7 heteroatoms. The molecule has 0 aliphatic carbocycles. The van der Waals surface area contributed by atoms with E-state index in [1.807, 2.05) is 11.4 Å². The van der Waals surface area contributed by atoms with E-state index < -0.39 is 0 Å². The fourth-order valence-corrected chi connectivity index (χ4v) is 3.48. The fraction of sp³-hybridized carbons (Fsp3) is 0.667. The van der Waals surface area contributed by atoms with Crippen LogP contribution in [0.1, 0.15) is 35.7 Å². The molecule has 4 heterocycles. The van der Waals surface area contributed by atoms with Crippen LogP contribution in [-0.4, -0.2) is 60.3 Å². The predicted octanol–water partition coefficient (Wildman–Crippen LogP) is 2.07. The van der Waals surface area contributed by atoms with E-state index in [1.165, 1.54) is 0 Å². The highest BCUT2D eigenvalue weighted by molar-refractivity contribution is 5.55. The number of hydrogen-bond donors (Lipinski definition) is 1. The maximum absolute atomic E-state index is 5.74. The predicted molar refractivity (Wildman–Crippen MR) is 94.3 cm³/mol. The van der Waals surface area contributed by atoms with Crippen molar-refractivity contribution in [3.05, 3.63) is 23.0 Å². The minimum atomic E-state index is 0.0715. The SMILES string of the molecule is Cc1nc2cc(C3CCOCC3)nn2c(NC[C@H]2COCCO2)c1C. The van der Waals surface area contributed by atoms with Gasteiger partial charge in [-0.15, -0.1) is 0 Å². The second-order valence-electron chi connectivity index (χ2n) is 6.85. The van der Waals surface area contributed by atoms with E-state index in [0.717, 1.165) is 54.5 Å². The van der Waals surface area contributed by atoms with Gasteiger partial charge >= 0.3 is 0 Å². The molecule has 2 aliphatic heterocycles. The van der Waals surface area contributed by atoms with E-state index in [0.29, 0.717) is 32.3 Å². The Labute approximate surface area is 147 Å². The van der Waals surface area contributed by atoms with Crippen LogP contribution in [0.2, 0.25) is 0 Å². The van der Waals surface area contributed by atoms with Crippen LogP contribution in [0.5, 0.6) is 0 Å². The number of hydrogen-bond acceptors (Lipinski definition) is 6. The van der Waals surface area contributed by atoms with Crippen molar-refractivity contribution in [1.29, 1.82) is 0 Å². The molecular weight excluding hydrogens is 320 g/mol. The maximum atomic E-state index is 5.74. The van der Waals surface area contributed by atoms with Crippen molar-refractivity contribution in [2.24, 2.45) is 0 Å². The molecule has 2 saturated heterocycles. The second kappa shape index (κ2) is 7.27. The van der Waals surface area contributed by atoms with Crippen molar-refractivity contribution in [1.82, 2.24) is 14.6 Å². The molecule has 1 N–H and O–H groups in total. The Morgan fingerprint density at radius 2 is 2.00 bits per heavy atom. The number of ether oxygens (including phenoxy) is 3. The molecule has 2 aromatic rings. The van der Waals surface area contributed by atoms with E-state index in [9.17, 15) is 0 Å². The molecule has 0 unspecified atom stereocenters. The quantitative estimate of drug-likeness (QED) is 0.914. The molecule has 2 fully saturated rings. The first-order valence-corrected chi connectivity index (χ1v) is 9.10. The average molecular weight is 346 g/mol. The lowest BCUT2D eigenvalue weighted by Crippen LogP contribution is -2.34. The summed E-state index contributed by atoms with van der Waals surface area (Å²) < 4.78 is 18.6. The van der Waals surface area contributed by atoms with Crippen LogP contribution in [0, 0.1) is 13.8 Å².